The van der Waals surface area contributed by atoms with Crippen LogP contribution in [0, 0.1) is 0 Å². The van der Waals surface area contributed by atoms with Crippen LogP contribution in [-0.2, 0) is 11.2 Å². The summed E-state index contributed by atoms with van der Waals surface area (Å²) in [5, 5.41) is 6.51. The summed E-state index contributed by atoms with van der Waals surface area (Å²) < 4.78 is 30.0. The van der Waals surface area contributed by atoms with E-state index in [-0.39, 0.29) is 11.9 Å². The minimum absolute atomic E-state index is 0.0330. The molecule has 1 fully saturated rings. The van der Waals surface area contributed by atoms with Gasteiger partial charge in [0, 0.05) is 69.6 Å². The van der Waals surface area contributed by atoms with Gasteiger partial charge in [0.2, 0.25) is 5.95 Å². The monoisotopic (exact) mass is 493 g/mol. The Kier molecular flexibility index (Phi) is 6.76. The number of hydrogen-bond acceptors (Lipinski definition) is 6. The fourth-order valence-electron chi connectivity index (χ4n) is 4.23. The Labute approximate surface area is 207 Å². The molecule has 1 saturated heterocycles. The molecule has 3 aliphatic rings. The molecular formula is C25H28FN7OS. The SMILES string of the molecule is CN(C)S(=O)N1CCN(c2ccc(Nc3nccc(C4=CNC5C=CC(F)=CC4=C5)n3)cc2)CC1. The highest BCUT2D eigenvalue weighted by Gasteiger charge is 2.22. The van der Waals surface area contributed by atoms with Gasteiger partial charge >= 0.3 is 0 Å². The van der Waals surface area contributed by atoms with Gasteiger partial charge in [-0.1, -0.05) is 12.2 Å². The molecule has 1 aromatic carbocycles. The van der Waals surface area contributed by atoms with E-state index in [2.05, 4.69) is 37.6 Å². The van der Waals surface area contributed by atoms with Gasteiger partial charge in [0.25, 0.3) is 0 Å². The molecule has 2 aromatic rings. The molecule has 0 radical (unpaired) electrons. The van der Waals surface area contributed by atoms with Crippen molar-refractivity contribution in [2.75, 3.05) is 50.5 Å². The second-order valence-electron chi connectivity index (χ2n) is 8.66. The number of piperazine rings is 1. The lowest BCUT2D eigenvalue weighted by molar-refractivity contribution is 0.389. The Morgan fingerprint density at radius 2 is 1.91 bits per heavy atom. The molecule has 2 atom stereocenters. The summed E-state index contributed by atoms with van der Waals surface area (Å²) in [7, 11) is 3.66. The number of nitrogens with one attached hydrogen (secondary N) is 2. The summed E-state index contributed by atoms with van der Waals surface area (Å²) in [4.78, 5) is 11.3. The first kappa shape index (κ1) is 23.4. The molecule has 2 aliphatic heterocycles. The van der Waals surface area contributed by atoms with Crippen molar-refractivity contribution in [3.8, 4) is 0 Å². The van der Waals surface area contributed by atoms with E-state index in [1.807, 2.05) is 48.9 Å². The number of benzene rings is 1. The number of dihydropyridines is 1. The van der Waals surface area contributed by atoms with Gasteiger partial charge in [-0.15, -0.1) is 0 Å². The smallest absolute Gasteiger partial charge is 0.227 e. The summed E-state index contributed by atoms with van der Waals surface area (Å²) in [6.45, 7) is 3.15. The third kappa shape index (κ3) is 5.34. The van der Waals surface area contributed by atoms with Crippen LogP contribution < -0.4 is 15.5 Å². The van der Waals surface area contributed by atoms with Crippen LogP contribution in [0.5, 0.6) is 0 Å². The number of anilines is 3. The predicted molar refractivity (Wildman–Crippen MR) is 139 cm³/mol. The number of fused-ring (bicyclic) bond motifs is 1. The van der Waals surface area contributed by atoms with Gasteiger partial charge in [-0.2, -0.15) is 0 Å². The summed E-state index contributed by atoms with van der Waals surface area (Å²) in [6.07, 6.45) is 10.3. The van der Waals surface area contributed by atoms with Crippen molar-refractivity contribution < 1.29 is 8.60 Å². The summed E-state index contributed by atoms with van der Waals surface area (Å²) >= 11 is -1.08. The van der Waals surface area contributed by atoms with Crippen molar-refractivity contribution in [3.63, 3.8) is 0 Å². The molecule has 0 spiro atoms. The van der Waals surface area contributed by atoms with Crippen molar-refractivity contribution in [2.24, 2.45) is 0 Å². The molecule has 5 rings (SSSR count). The highest BCUT2D eigenvalue weighted by atomic mass is 32.2. The van der Waals surface area contributed by atoms with Crippen LogP contribution in [0.25, 0.3) is 5.57 Å². The molecule has 2 unspecified atom stereocenters. The minimum atomic E-state index is -1.08. The van der Waals surface area contributed by atoms with Crippen LogP contribution in [0.2, 0.25) is 0 Å². The third-order valence-corrected chi connectivity index (χ3v) is 7.47. The average molecular weight is 494 g/mol. The van der Waals surface area contributed by atoms with E-state index < -0.39 is 11.2 Å². The van der Waals surface area contributed by atoms with Crippen LogP contribution in [0.15, 0.2) is 78.4 Å². The van der Waals surface area contributed by atoms with Crippen LogP contribution in [-0.4, -0.2) is 69.1 Å². The molecule has 2 bridgehead atoms. The maximum Gasteiger partial charge on any atom is 0.227 e. The van der Waals surface area contributed by atoms with Crippen LogP contribution >= 0.6 is 0 Å². The number of nitrogens with zero attached hydrogens (tertiary/aromatic N) is 5. The number of halogens is 1. The van der Waals surface area contributed by atoms with Crippen molar-refractivity contribution in [1.82, 2.24) is 23.9 Å². The lowest BCUT2D eigenvalue weighted by Crippen LogP contribution is -2.49. The van der Waals surface area contributed by atoms with Crippen LogP contribution in [0.4, 0.5) is 21.7 Å². The van der Waals surface area contributed by atoms with Crippen LogP contribution in [0.3, 0.4) is 0 Å². The first-order valence-corrected chi connectivity index (χ1v) is 12.6. The lowest BCUT2D eigenvalue weighted by atomic mass is 9.98. The predicted octanol–water partition coefficient (Wildman–Crippen LogP) is 3.14. The summed E-state index contributed by atoms with van der Waals surface area (Å²) in [6, 6.07) is 9.91. The van der Waals surface area contributed by atoms with E-state index >= 15 is 0 Å². The van der Waals surface area contributed by atoms with Crippen molar-refractivity contribution >= 4 is 34.1 Å². The van der Waals surface area contributed by atoms with E-state index in [1.54, 1.807) is 16.6 Å². The topological polar surface area (TPSA) is 76.6 Å². The fraction of sp³-hybridized carbons (Fsp3) is 0.280. The van der Waals surface area contributed by atoms with Gasteiger partial charge in [-0.25, -0.2) is 27.2 Å². The quantitative estimate of drug-likeness (QED) is 0.644. The number of aromatic nitrogens is 2. The Hall–Kier alpha value is -3.34. The Balaban J connectivity index is 1.24. The van der Waals surface area contributed by atoms with E-state index in [4.69, 9.17) is 0 Å². The highest BCUT2D eigenvalue weighted by Crippen LogP contribution is 2.29. The van der Waals surface area contributed by atoms with Gasteiger partial charge < -0.3 is 15.5 Å². The summed E-state index contributed by atoms with van der Waals surface area (Å²) in [5.74, 6) is 0.183. The van der Waals surface area contributed by atoms with E-state index in [9.17, 15) is 8.60 Å². The van der Waals surface area contributed by atoms with Gasteiger partial charge in [-0.05, 0) is 48.1 Å². The molecule has 0 saturated carbocycles. The zero-order chi connectivity index (χ0) is 24.4. The van der Waals surface area contributed by atoms with Crippen LogP contribution in [0.1, 0.15) is 5.69 Å². The van der Waals surface area contributed by atoms with Gasteiger partial charge in [0.05, 0.1) is 11.7 Å². The number of hydrogen-bond donors (Lipinski definition) is 2. The van der Waals surface area contributed by atoms with Gasteiger partial charge in [-0.3, -0.25) is 0 Å². The van der Waals surface area contributed by atoms with Crippen molar-refractivity contribution in [3.05, 3.63) is 84.1 Å². The van der Waals surface area contributed by atoms with E-state index in [1.165, 1.54) is 12.2 Å². The normalized spacial score (nSPS) is 21.0. The van der Waals surface area contributed by atoms with E-state index in [0.717, 1.165) is 48.7 Å². The first-order valence-electron chi connectivity index (χ1n) is 11.5. The fourth-order valence-corrected chi connectivity index (χ4v) is 5.17. The Bertz CT molecular complexity index is 1230. The standard InChI is InChI=1S/C25H28FN7OS/c1-31(2)35(34)33-13-11-32(12-14-33)22-7-5-20(6-8-22)29-25-27-10-9-24(30-25)23-17-28-21-4-3-19(26)15-18(23)16-21/h3-10,15-17,21,28H,11-14H2,1-2H3,(H,27,29,30). The maximum absolute atomic E-state index is 14.0. The van der Waals surface area contributed by atoms with Crippen molar-refractivity contribution in [1.29, 1.82) is 0 Å². The summed E-state index contributed by atoms with van der Waals surface area (Å²) in [5.41, 5.74) is 4.30. The molecule has 182 valence electrons. The highest BCUT2D eigenvalue weighted by molar-refractivity contribution is 7.80. The Morgan fingerprint density at radius 1 is 1.14 bits per heavy atom. The maximum atomic E-state index is 14.0. The second kappa shape index (κ2) is 10.1. The molecule has 8 nitrogen and oxygen atoms in total. The lowest BCUT2D eigenvalue weighted by Gasteiger charge is -2.36. The van der Waals surface area contributed by atoms with Gasteiger partial charge in [0.15, 0.2) is 11.2 Å². The molecular weight excluding hydrogens is 465 g/mol. The number of allylic oxidation sites excluding steroid dienone is 5. The third-order valence-electron chi connectivity index (χ3n) is 6.04. The molecule has 35 heavy (non-hydrogen) atoms. The zero-order valence-corrected chi connectivity index (χ0v) is 20.5. The second-order valence-corrected chi connectivity index (χ2v) is 10.4. The minimum Gasteiger partial charge on any atom is -0.381 e. The average Bonchev–Trinajstić information content (AvgIpc) is 3.01. The number of rotatable bonds is 6. The van der Waals surface area contributed by atoms with Gasteiger partial charge in [0.1, 0.15) is 5.83 Å². The molecule has 0 amide bonds. The molecule has 1 aromatic heterocycles. The first-order chi connectivity index (χ1) is 17.0. The largest absolute Gasteiger partial charge is 0.381 e. The van der Waals surface area contributed by atoms with E-state index in [0.29, 0.717) is 11.6 Å². The molecule has 10 heteroatoms. The Morgan fingerprint density at radius 3 is 2.66 bits per heavy atom. The molecule has 1 aliphatic carbocycles. The zero-order valence-electron chi connectivity index (χ0n) is 19.7. The molecule has 3 heterocycles. The van der Waals surface area contributed by atoms with Crippen molar-refractivity contribution in [2.45, 2.75) is 6.04 Å². The molecule has 2 N–H and O–H groups in total.